The van der Waals surface area contributed by atoms with Crippen LogP contribution in [0.25, 0.3) is 0 Å². The molecular weight excluding hydrogens is 324 g/mol. The Balaban J connectivity index is 2.02. The van der Waals surface area contributed by atoms with Crippen LogP contribution in [0.15, 0.2) is 23.1 Å². The van der Waals surface area contributed by atoms with E-state index in [0.29, 0.717) is 54.6 Å². The van der Waals surface area contributed by atoms with Gasteiger partial charge in [0.25, 0.3) is 0 Å². The molecule has 0 spiro atoms. The molecule has 0 aromatic heterocycles. The Kier molecular flexibility index (Phi) is 6.23. The van der Waals surface area contributed by atoms with Crippen LogP contribution < -0.4 is 5.73 Å². The predicted molar refractivity (Wildman–Crippen MR) is 87.6 cm³/mol. The highest BCUT2D eigenvalue weighted by Gasteiger charge is 2.30. The van der Waals surface area contributed by atoms with Gasteiger partial charge in [-0.15, -0.1) is 0 Å². The molecular formula is C15H23ClN2O3S. The predicted octanol–water partition coefficient (Wildman–Crippen LogP) is 2.17. The first-order valence-electron chi connectivity index (χ1n) is 7.53. The number of sulfonamides is 1. The Morgan fingerprint density at radius 2 is 2.05 bits per heavy atom. The molecule has 0 radical (unpaired) electrons. The van der Waals surface area contributed by atoms with Crippen LogP contribution in [0.4, 0.5) is 0 Å². The van der Waals surface area contributed by atoms with Gasteiger partial charge in [0.15, 0.2) is 0 Å². The highest BCUT2D eigenvalue weighted by molar-refractivity contribution is 7.89. The van der Waals surface area contributed by atoms with E-state index in [1.165, 1.54) is 10.4 Å². The molecule has 7 heteroatoms. The van der Waals surface area contributed by atoms with Gasteiger partial charge >= 0.3 is 0 Å². The SMILES string of the molecule is Cc1ccc(Cl)cc1S(=O)(=O)N1CCC(OCCCN)CC1. The van der Waals surface area contributed by atoms with Gasteiger partial charge in [0.05, 0.1) is 11.0 Å². The molecule has 2 N–H and O–H groups in total. The number of nitrogens with zero attached hydrogens (tertiary/aromatic N) is 1. The Bertz CT molecular complexity index is 599. The van der Waals surface area contributed by atoms with Crippen LogP contribution in [-0.4, -0.2) is 45.1 Å². The summed E-state index contributed by atoms with van der Waals surface area (Å²) in [6, 6.07) is 4.96. The summed E-state index contributed by atoms with van der Waals surface area (Å²) >= 11 is 5.94. The van der Waals surface area contributed by atoms with E-state index < -0.39 is 10.0 Å². The lowest BCUT2D eigenvalue weighted by Gasteiger charge is -2.31. The minimum Gasteiger partial charge on any atom is -0.378 e. The number of hydrogen-bond donors (Lipinski definition) is 1. The number of piperidine rings is 1. The molecule has 0 saturated carbocycles. The van der Waals surface area contributed by atoms with Crippen LogP contribution in [0.3, 0.4) is 0 Å². The van der Waals surface area contributed by atoms with Gasteiger partial charge < -0.3 is 10.5 Å². The van der Waals surface area contributed by atoms with Crippen LogP contribution in [0, 0.1) is 6.92 Å². The van der Waals surface area contributed by atoms with Crippen molar-refractivity contribution < 1.29 is 13.2 Å². The van der Waals surface area contributed by atoms with Gasteiger partial charge in [-0.05, 0) is 50.4 Å². The topological polar surface area (TPSA) is 72.6 Å². The smallest absolute Gasteiger partial charge is 0.243 e. The second-order valence-electron chi connectivity index (χ2n) is 5.53. The average Bonchev–Trinajstić information content (AvgIpc) is 2.50. The molecule has 124 valence electrons. The van der Waals surface area contributed by atoms with E-state index in [0.717, 1.165) is 6.42 Å². The highest BCUT2D eigenvalue weighted by Crippen LogP contribution is 2.26. The lowest BCUT2D eigenvalue weighted by Crippen LogP contribution is -2.41. The largest absolute Gasteiger partial charge is 0.378 e. The Hall–Kier alpha value is -0.660. The van der Waals surface area contributed by atoms with Gasteiger partial charge in [0, 0.05) is 24.7 Å². The molecule has 5 nitrogen and oxygen atoms in total. The van der Waals surface area contributed by atoms with Crippen molar-refractivity contribution in [3.8, 4) is 0 Å². The molecule has 1 saturated heterocycles. The summed E-state index contributed by atoms with van der Waals surface area (Å²) in [7, 11) is -3.49. The van der Waals surface area contributed by atoms with E-state index in [9.17, 15) is 8.42 Å². The highest BCUT2D eigenvalue weighted by atomic mass is 35.5. The molecule has 1 aromatic carbocycles. The summed E-state index contributed by atoms with van der Waals surface area (Å²) in [4.78, 5) is 0.294. The molecule has 1 fully saturated rings. The summed E-state index contributed by atoms with van der Waals surface area (Å²) in [5, 5.41) is 0.434. The molecule has 0 unspecified atom stereocenters. The fourth-order valence-corrected chi connectivity index (χ4v) is 4.52. The quantitative estimate of drug-likeness (QED) is 0.801. The summed E-state index contributed by atoms with van der Waals surface area (Å²) in [5.74, 6) is 0. The summed E-state index contributed by atoms with van der Waals surface area (Å²) in [5.41, 5.74) is 6.15. The molecule has 0 amide bonds. The lowest BCUT2D eigenvalue weighted by atomic mass is 10.1. The van der Waals surface area contributed by atoms with Crippen LogP contribution in [0.1, 0.15) is 24.8 Å². The van der Waals surface area contributed by atoms with E-state index in [4.69, 9.17) is 22.1 Å². The van der Waals surface area contributed by atoms with Crippen molar-refractivity contribution in [2.24, 2.45) is 5.73 Å². The monoisotopic (exact) mass is 346 g/mol. The first kappa shape index (κ1) is 17.7. The molecule has 2 rings (SSSR count). The van der Waals surface area contributed by atoms with Crippen LogP contribution in [0.2, 0.25) is 5.02 Å². The van der Waals surface area contributed by atoms with Crippen LogP contribution >= 0.6 is 11.6 Å². The van der Waals surface area contributed by atoms with Crippen LogP contribution in [0.5, 0.6) is 0 Å². The van der Waals surface area contributed by atoms with Crippen molar-refractivity contribution in [3.63, 3.8) is 0 Å². The van der Waals surface area contributed by atoms with Gasteiger partial charge in [-0.2, -0.15) is 4.31 Å². The molecule has 22 heavy (non-hydrogen) atoms. The first-order chi connectivity index (χ1) is 10.4. The molecule has 0 atom stereocenters. The van der Waals surface area contributed by atoms with E-state index in [2.05, 4.69) is 0 Å². The molecule has 0 aliphatic carbocycles. The maximum absolute atomic E-state index is 12.7. The minimum atomic E-state index is -3.49. The fourth-order valence-electron chi connectivity index (χ4n) is 2.56. The van der Waals surface area contributed by atoms with E-state index in [-0.39, 0.29) is 6.10 Å². The van der Waals surface area contributed by atoms with Crippen molar-refractivity contribution in [2.75, 3.05) is 26.2 Å². The van der Waals surface area contributed by atoms with Gasteiger partial charge in [-0.3, -0.25) is 0 Å². The summed E-state index contributed by atoms with van der Waals surface area (Å²) in [6.07, 6.45) is 2.38. The van der Waals surface area contributed by atoms with Crippen molar-refractivity contribution in [1.82, 2.24) is 4.31 Å². The number of benzene rings is 1. The van der Waals surface area contributed by atoms with E-state index in [1.807, 2.05) is 0 Å². The maximum Gasteiger partial charge on any atom is 0.243 e. The zero-order chi connectivity index (χ0) is 16.2. The standard InChI is InChI=1S/C15H23ClN2O3S/c1-12-3-4-13(16)11-15(12)22(19,20)18-8-5-14(6-9-18)21-10-2-7-17/h3-4,11,14H,2,5-10,17H2,1H3. The zero-order valence-corrected chi connectivity index (χ0v) is 14.4. The number of rotatable bonds is 6. The third-order valence-electron chi connectivity index (χ3n) is 3.87. The lowest BCUT2D eigenvalue weighted by molar-refractivity contribution is 0.0209. The fraction of sp³-hybridized carbons (Fsp3) is 0.600. The summed E-state index contributed by atoms with van der Waals surface area (Å²) < 4.78 is 32.7. The number of ether oxygens (including phenoxy) is 1. The maximum atomic E-state index is 12.7. The molecule has 0 bridgehead atoms. The van der Waals surface area contributed by atoms with Crippen molar-refractivity contribution in [3.05, 3.63) is 28.8 Å². The molecule has 1 aromatic rings. The third-order valence-corrected chi connectivity index (χ3v) is 6.15. The molecule has 1 aliphatic rings. The second-order valence-corrected chi connectivity index (χ2v) is 7.87. The molecule has 1 aliphatic heterocycles. The number of hydrogen-bond acceptors (Lipinski definition) is 4. The van der Waals surface area contributed by atoms with Gasteiger partial charge in [0.2, 0.25) is 10.0 Å². The van der Waals surface area contributed by atoms with Crippen molar-refractivity contribution in [1.29, 1.82) is 0 Å². The summed E-state index contributed by atoms with van der Waals surface area (Å²) in [6.45, 7) is 3.98. The van der Waals surface area contributed by atoms with Crippen molar-refractivity contribution in [2.45, 2.75) is 37.2 Å². The Morgan fingerprint density at radius 1 is 1.36 bits per heavy atom. The number of aryl methyl sites for hydroxylation is 1. The molecule has 1 heterocycles. The third kappa shape index (κ3) is 4.20. The Morgan fingerprint density at radius 3 is 2.68 bits per heavy atom. The number of nitrogens with two attached hydrogens (primary N) is 1. The average molecular weight is 347 g/mol. The zero-order valence-electron chi connectivity index (χ0n) is 12.8. The second kappa shape index (κ2) is 7.75. The van der Waals surface area contributed by atoms with Gasteiger partial charge in [0.1, 0.15) is 0 Å². The minimum absolute atomic E-state index is 0.124. The van der Waals surface area contributed by atoms with Crippen molar-refractivity contribution >= 4 is 21.6 Å². The van der Waals surface area contributed by atoms with Gasteiger partial charge in [-0.25, -0.2) is 8.42 Å². The normalized spacial score (nSPS) is 17.8. The first-order valence-corrected chi connectivity index (χ1v) is 9.35. The van der Waals surface area contributed by atoms with E-state index >= 15 is 0 Å². The van der Waals surface area contributed by atoms with E-state index in [1.54, 1.807) is 19.1 Å². The Labute approximate surface area is 137 Å². The van der Waals surface area contributed by atoms with Gasteiger partial charge in [-0.1, -0.05) is 17.7 Å². The number of halogens is 1. The van der Waals surface area contributed by atoms with Crippen LogP contribution in [-0.2, 0) is 14.8 Å².